The fourth-order valence-corrected chi connectivity index (χ4v) is 2.67. The highest BCUT2D eigenvalue weighted by Gasteiger charge is 2.30. The van der Waals surface area contributed by atoms with Gasteiger partial charge in [-0.3, -0.25) is 24.6 Å². The minimum absolute atomic E-state index is 0.137. The number of carbonyl (C=O) groups is 3. The second kappa shape index (κ2) is 7.14. The van der Waals surface area contributed by atoms with E-state index in [1.165, 1.54) is 36.4 Å². The van der Waals surface area contributed by atoms with Gasteiger partial charge in [0.2, 0.25) is 11.8 Å². The molecule has 0 aliphatic carbocycles. The number of hydrogen-bond donors (Lipinski definition) is 0. The van der Waals surface area contributed by atoms with Crippen molar-refractivity contribution < 1.29 is 24.0 Å². The molecule has 0 atom stereocenters. The summed E-state index contributed by atoms with van der Waals surface area (Å²) >= 11 is 0. The number of ether oxygens (including phenoxy) is 1. The molecule has 1 aliphatic rings. The van der Waals surface area contributed by atoms with Crippen molar-refractivity contribution in [2.75, 3.05) is 4.90 Å². The third-order valence-corrected chi connectivity index (χ3v) is 3.94. The number of benzene rings is 2. The molecule has 2 amide bonds. The summed E-state index contributed by atoms with van der Waals surface area (Å²) in [5.74, 6) is -1.34. The Morgan fingerprint density at radius 2 is 1.77 bits per heavy atom. The number of carbonyl (C=O) groups excluding carboxylic acids is 3. The van der Waals surface area contributed by atoms with Gasteiger partial charge in [-0.2, -0.15) is 0 Å². The van der Waals surface area contributed by atoms with Crippen molar-refractivity contribution in [2.24, 2.45) is 0 Å². The molecule has 0 saturated carbocycles. The standard InChI is InChI=1S/C18H14N2O6/c21-16-8-9-17(22)19(16)14-6-3-5-12(10-14)18(23)26-11-13-4-1-2-7-15(13)20(24)25/h1-7,10H,8-9,11H2. The van der Waals surface area contributed by atoms with Gasteiger partial charge in [0.05, 0.1) is 21.7 Å². The summed E-state index contributed by atoms with van der Waals surface area (Å²) < 4.78 is 5.14. The van der Waals surface area contributed by atoms with Crippen LogP contribution >= 0.6 is 0 Å². The zero-order valence-electron chi connectivity index (χ0n) is 13.6. The van der Waals surface area contributed by atoms with Gasteiger partial charge in [-0.1, -0.05) is 18.2 Å². The summed E-state index contributed by atoms with van der Waals surface area (Å²) in [4.78, 5) is 47.3. The van der Waals surface area contributed by atoms with Crippen molar-refractivity contribution >= 4 is 29.2 Å². The number of esters is 1. The zero-order valence-corrected chi connectivity index (χ0v) is 13.6. The largest absolute Gasteiger partial charge is 0.457 e. The van der Waals surface area contributed by atoms with Crippen LogP contribution < -0.4 is 4.90 Å². The molecular formula is C18H14N2O6. The van der Waals surface area contributed by atoms with Crippen molar-refractivity contribution in [2.45, 2.75) is 19.4 Å². The van der Waals surface area contributed by atoms with Crippen molar-refractivity contribution in [3.05, 3.63) is 69.8 Å². The summed E-state index contributed by atoms with van der Waals surface area (Å²) in [5, 5.41) is 11.0. The van der Waals surface area contributed by atoms with E-state index in [0.717, 1.165) is 4.90 Å². The van der Waals surface area contributed by atoms with Gasteiger partial charge in [0.15, 0.2) is 0 Å². The molecule has 0 N–H and O–H groups in total. The van der Waals surface area contributed by atoms with Crippen LogP contribution in [0.15, 0.2) is 48.5 Å². The fourth-order valence-electron chi connectivity index (χ4n) is 2.67. The van der Waals surface area contributed by atoms with E-state index >= 15 is 0 Å². The summed E-state index contributed by atoms with van der Waals surface area (Å²) in [6.07, 6.45) is 0.288. The van der Waals surface area contributed by atoms with E-state index in [4.69, 9.17) is 4.74 Å². The van der Waals surface area contributed by atoms with E-state index in [1.54, 1.807) is 12.1 Å². The summed E-state index contributed by atoms with van der Waals surface area (Å²) in [5.41, 5.74) is 0.584. The molecule has 0 radical (unpaired) electrons. The Balaban J connectivity index is 1.75. The Morgan fingerprint density at radius 3 is 2.46 bits per heavy atom. The molecule has 0 unspecified atom stereocenters. The van der Waals surface area contributed by atoms with Gasteiger partial charge >= 0.3 is 5.97 Å². The van der Waals surface area contributed by atoms with Gasteiger partial charge in [0.25, 0.3) is 5.69 Å². The minimum Gasteiger partial charge on any atom is -0.457 e. The second-order valence-corrected chi connectivity index (χ2v) is 5.64. The Hall–Kier alpha value is -3.55. The number of imide groups is 1. The Morgan fingerprint density at radius 1 is 1.08 bits per heavy atom. The molecule has 1 heterocycles. The Bertz CT molecular complexity index is 892. The summed E-state index contributed by atoms with van der Waals surface area (Å²) in [6, 6.07) is 11.9. The molecule has 8 heteroatoms. The topological polar surface area (TPSA) is 107 Å². The van der Waals surface area contributed by atoms with Crippen LogP contribution in [-0.4, -0.2) is 22.7 Å². The normalized spacial score (nSPS) is 13.8. The minimum atomic E-state index is -0.705. The van der Waals surface area contributed by atoms with Crippen molar-refractivity contribution in [1.29, 1.82) is 0 Å². The lowest BCUT2D eigenvalue weighted by Gasteiger charge is -2.14. The molecule has 0 spiro atoms. The van der Waals surface area contributed by atoms with E-state index in [0.29, 0.717) is 5.69 Å². The highest BCUT2D eigenvalue weighted by Crippen LogP contribution is 2.24. The van der Waals surface area contributed by atoms with E-state index in [-0.39, 0.29) is 48.1 Å². The molecule has 2 aromatic rings. The van der Waals surface area contributed by atoms with Gasteiger partial charge in [-0.05, 0) is 24.3 Å². The van der Waals surface area contributed by atoms with Crippen LogP contribution in [0.3, 0.4) is 0 Å². The van der Waals surface area contributed by atoms with Crippen LogP contribution in [0.4, 0.5) is 11.4 Å². The Labute approximate surface area is 148 Å². The lowest BCUT2D eigenvalue weighted by atomic mass is 10.2. The van der Waals surface area contributed by atoms with E-state index in [2.05, 4.69) is 0 Å². The molecule has 0 bridgehead atoms. The molecule has 1 fully saturated rings. The number of nitro benzene ring substituents is 1. The summed E-state index contributed by atoms with van der Waals surface area (Å²) in [6.45, 7) is -0.262. The number of nitrogens with zero attached hydrogens (tertiary/aromatic N) is 2. The van der Waals surface area contributed by atoms with Crippen LogP contribution in [-0.2, 0) is 20.9 Å². The first-order valence-corrected chi connectivity index (χ1v) is 7.82. The highest BCUT2D eigenvalue weighted by molar-refractivity contribution is 6.20. The van der Waals surface area contributed by atoms with Crippen LogP contribution in [0.25, 0.3) is 0 Å². The number of rotatable bonds is 5. The molecule has 2 aromatic carbocycles. The predicted molar refractivity (Wildman–Crippen MR) is 90.4 cm³/mol. The number of amides is 2. The maximum absolute atomic E-state index is 12.2. The van der Waals surface area contributed by atoms with E-state index in [1.807, 2.05) is 0 Å². The van der Waals surface area contributed by atoms with Gasteiger partial charge in [-0.15, -0.1) is 0 Å². The molecular weight excluding hydrogens is 340 g/mol. The van der Waals surface area contributed by atoms with Gasteiger partial charge in [0, 0.05) is 18.9 Å². The first kappa shape index (κ1) is 17.3. The average Bonchev–Trinajstić information content (AvgIpc) is 2.98. The zero-order chi connectivity index (χ0) is 18.7. The molecule has 8 nitrogen and oxygen atoms in total. The maximum Gasteiger partial charge on any atom is 0.338 e. The number of nitro groups is 1. The van der Waals surface area contributed by atoms with Crippen LogP contribution in [0, 0.1) is 10.1 Å². The lowest BCUT2D eigenvalue weighted by molar-refractivity contribution is -0.385. The smallest absolute Gasteiger partial charge is 0.338 e. The summed E-state index contributed by atoms with van der Waals surface area (Å²) in [7, 11) is 0. The van der Waals surface area contributed by atoms with E-state index < -0.39 is 10.9 Å². The monoisotopic (exact) mass is 354 g/mol. The third kappa shape index (κ3) is 3.44. The second-order valence-electron chi connectivity index (χ2n) is 5.64. The van der Waals surface area contributed by atoms with Crippen molar-refractivity contribution in [1.82, 2.24) is 0 Å². The Kier molecular flexibility index (Phi) is 4.74. The quantitative estimate of drug-likeness (QED) is 0.353. The van der Waals surface area contributed by atoms with Crippen molar-refractivity contribution in [3.63, 3.8) is 0 Å². The number of hydrogen-bond acceptors (Lipinski definition) is 6. The molecule has 1 saturated heterocycles. The first-order chi connectivity index (χ1) is 12.5. The van der Waals surface area contributed by atoms with Gasteiger partial charge in [0.1, 0.15) is 6.61 Å². The fraction of sp³-hybridized carbons (Fsp3) is 0.167. The van der Waals surface area contributed by atoms with E-state index in [9.17, 15) is 24.5 Å². The van der Waals surface area contributed by atoms with Crippen LogP contribution in [0.1, 0.15) is 28.8 Å². The molecule has 132 valence electrons. The molecule has 1 aliphatic heterocycles. The number of para-hydroxylation sites is 1. The SMILES string of the molecule is O=C(OCc1ccccc1[N+](=O)[O-])c1cccc(N2C(=O)CCC2=O)c1. The van der Waals surface area contributed by atoms with Gasteiger partial charge < -0.3 is 4.74 Å². The predicted octanol–water partition coefficient (Wildman–Crippen LogP) is 2.61. The molecule has 0 aromatic heterocycles. The van der Waals surface area contributed by atoms with Crippen molar-refractivity contribution in [3.8, 4) is 0 Å². The maximum atomic E-state index is 12.2. The average molecular weight is 354 g/mol. The highest BCUT2D eigenvalue weighted by atomic mass is 16.6. The first-order valence-electron chi connectivity index (χ1n) is 7.82. The third-order valence-electron chi connectivity index (χ3n) is 3.94. The molecule has 26 heavy (non-hydrogen) atoms. The lowest BCUT2D eigenvalue weighted by Crippen LogP contribution is -2.28. The van der Waals surface area contributed by atoms with Crippen LogP contribution in [0.5, 0.6) is 0 Å². The molecule has 3 rings (SSSR count). The van der Waals surface area contributed by atoms with Gasteiger partial charge in [-0.25, -0.2) is 4.79 Å². The van der Waals surface area contributed by atoms with Crippen LogP contribution in [0.2, 0.25) is 0 Å². The number of anilines is 1.